The highest BCUT2D eigenvalue weighted by Crippen LogP contribution is 2.69. The fraction of sp³-hybridized carbons (Fsp3) is 0.500. The second-order valence-electron chi connectivity index (χ2n) is 4.86. The van der Waals surface area contributed by atoms with Crippen LogP contribution in [0.15, 0.2) is 24.3 Å². The minimum Gasteiger partial charge on any atom is -0.326 e. The van der Waals surface area contributed by atoms with Crippen LogP contribution in [0.2, 0.25) is 0 Å². The summed E-state index contributed by atoms with van der Waals surface area (Å²) in [7, 11) is 0. The minimum atomic E-state index is -0.799. The molecule has 0 spiro atoms. The van der Waals surface area contributed by atoms with E-state index in [2.05, 4.69) is 24.3 Å². The van der Waals surface area contributed by atoms with Crippen molar-refractivity contribution < 1.29 is 4.39 Å². The Labute approximate surface area is 83.1 Å². The van der Waals surface area contributed by atoms with E-state index in [4.69, 9.17) is 5.73 Å². The molecule has 0 atom stereocenters. The third-order valence-corrected chi connectivity index (χ3v) is 3.77. The van der Waals surface area contributed by atoms with E-state index in [0.29, 0.717) is 6.54 Å². The lowest BCUT2D eigenvalue weighted by Crippen LogP contribution is -2.67. The van der Waals surface area contributed by atoms with Gasteiger partial charge in [0.2, 0.25) is 0 Å². The van der Waals surface area contributed by atoms with Gasteiger partial charge in [0.05, 0.1) is 0 Å². The van der Waals surface area contributed by atoms with Crippen molar-refractivity contribution in [2.24, 2.45) is 5.73 Å². The number of alkyl halides is 1. The fourth-order valence-corrected chi connectivity index (χ4v) is 2.96. The second-order valence-corrected chi connectivity index (χ2v) is 4.86. The summed E-state index contributed by atoms with van der Waals surface area (Å²) in [6, 6.07) is 8.34. The first-order valence-electron chi connectivity index (χ1n) is 5.14. The molecule has 0 aliphatic heterocycles. The molecular formula is C12H14FN. The molecule has 3 aliphatic carbocycles. The molecule has 0 saturated heterocycles. The predicted octanol–water partition coefficient (Wildman–Crippen LogP) is 2.29. The Bertz CT molecular complexity index is 349. The smallest absolute Gasteiger partial charge is 0.113 e. The van der Waals surface area contributed by atoms with Crippen molar-refractivity contribution in [3.8, 4) is 0 Å². The van der Waals surface area contributed by atoms with Gasteiger partial charge in [-0.1, -0.05) is 24.3 Å². The summed E-state index contributed by atoms with van der Waals surface area (Å²) in [5.74, 6) is 0. The van der Waals surface area contributed by atoms with Crippen molar-refractivity contribution in [3.05, 3.63) is 35.4 Å². The van der Waals surface area contributed by atoms with Crippen LogP contribution in [-0.2, 0) is 12.0 Å². The van der Waals surface area contributed by atoms with Gasteiger partial charge >= 0.3 is 0 Å². The van der Waals surface area contributed by atoms with Gasteiger partial charge in [0.1, 0.15) is 5.67 Å². The molecule has 0 amide bonds. The standard InChI is InChI=1S/C12H14FN/c13-12-6-11(7-12,8-12)10-3-1-9(5-14)2-4-10/h1-4H,5-8,14H2. The van der Waals surface area contributed by atoms with Gasteiger partial charge in [0, 0.05) is 12.0 Å². The van der Waals surface area contributed by atoms with Gasteiger partial charge in [-0.05, 0) is 30.4 Å². The van der Waals surface area contributed by atoms with Crippen LogP contribution in [0.5, 0.6) is 0 Å². The highest BCUT2D eigenvalue weighted by Gasteiger charge is 2.69. The summed E-state index contributed by atoms with van der Waals surface area (Å²) in [6.45, 7) is 0.584. The topological polar surface area (TPSA) is 26.0 Å². The van der Waals surface area contributed by atoms with Crippen molar-refractivity contribution >= 4 is 0 Å². The van der Waals surface area contributed by atoms with Crippen molar-refractivity contribution in [1.29, 1.82) is 0 Å². The normalized spacial score (nSPS) is 38.7. The van der Waals surface area contributed by atoms with Gasteiger partial charge < -0.3 is 5.73 Å². The third-order valence-electron chi connectivity index (χ3n) is 3.77. The Morgan fingerprint density at radius 1 is 1.14 bits per heavy atom. The fourth-order valence-electron chi connectivity index (χ4n) is 2.96. The van der Waals surface area contributed by atoms with Crippen molar-refractivity contribution in [1.82, 2.24) is 0 Å². The largest absolute Gasteiger partial charge is 0.326 e. The van der Waals surface area contributed by atoms with E-state index in [-0.39, 0.29) is 5.41 Å². The second kappa shape index (κ2) is 2.37. The first-order valence-corrected chi connectivity index (χ1v) is 5.14. The van der Waals surface area contributed by atoms with Crippen molar-refractivity contribution in [2.45, 2.75) is 36.9 Å². The third kappa shape index (κ3) is 0.921. The molecule has 0 unspecified atom stereocenters. The van der Waals surface area contributed by atoms with Crippen molar-refractivity contribution in [2.75, 3.05) is 0 Å². The molecule has 3 saturated carbocycles. The average Bonchev–Trinajstić information content (AvgIpc) is 2.12. The molecule has 4 rings (SSSR count). The molecule has 1 nitrogen and oxygen atoms in total. The van der Waals surface area contributed by atoms with E-state index in [0.717, 1.165) is 24.8 Å². The number of benzene rings is 1. The van der Waals surface area contributed by atoms with Crippen LogP contribution in [0.1, 0.15) is 30.4 Å². The Balaban J connectivity index is 1.85. The number of halogens is 1. The van der Waals surface area contributed by atoms with Gasteiger partial charge in [-0.2, -0.15) is 0 Å². The molecular weight excluding hydrogens is 177 g/mol. The summed E-state index contributed by atoms with van der Waals surface area (Å²) in [6.07, 6.45) is 2.21. The van der Waals surface area contributed by atoms with E-state index < -0.39 is 5.67 Å². The summed E-state index contributed by atoms with van der Waals surface area (Å²) in [5, 5.41) is 0. The SMILES string of the molecule is NCc1ccc(C23CC(F)(C2)C3)cc1. The number of hydrogen-bond donors (Lipinski definition) is 1. The quantitative estimate of drug-likeness (QED) is 0.762. The van der Waals surface area contributed by atoms with Crippen LogP contribution in [0.25, 0.3) is 0 Å². The van der Waals surface area contributed by atoms with Crippen molar-refractivity contribution in [3.63, 3.8) is 0 Å². The lowest BCUT2D eigenvalue weighted by molar-refractivity contribution is -0.158. The van der Waals surface area contributed by atoms with E-state index in [1.807, 2.05) is 0 Å². The molecule has 0 aromatic heterocycles. The van der Waals surface area contributed by atoms with Crippen LogP contribution in [0, 0.1) is 0 Å². The van der Waals surface area contributed by atoms with Crippen LogP contribution < -0.4 is 5.73 Å². The Kier molecular flexibility index (Phi) is 1.43. The van der Waals surface area contributed by atoms with Gasteiger partial charge in [-0.25, -0.2) is 4.39 Å². The Morgan fingerprint density at radius 3 is 2.14 bits per heavy atom. The lowest BCUT2D eigenvalue weighted by atomic mass is 9.40. The molecule has 0 radical (unpaired) electrons. The van der Waals surface area contributed by atoms with E-state index in [9.17, 15) is 4.39 Å². The molecule has 1 aromatic carbocycles. The zero-order chi connectivity index (χ0) is 9.81. The number of nitrogens with two attached hydrogens (primary N) is 1. The van der Waals surface area contributed by atoms with Gasteiger partial charge in [-0.3, -0.25) is 0 Å². The number of hydrogen-bond acceptors (Lipinski definition) is 1. The zero-order valence-electron chi connectivity index (χ0n) is 8.09. The first kappa shape index (κ1) is 8.42. The Hall–Kier alpha value is -0.890. The Morgan fingerprint density at radius 2 is 1.71 bits per heavy atom. The molecule has 14 heavy (non-hydrogen) atoms. The summed E-state index contributed by atoms with van der Waals surface area (Å²) < 4.78 is 13.3. The van der Waals surface area contributed by atoms with Crippen LogP contribution >= 0.6 is 0 Å². The number of rotatable bonds is 2. The molecule has 0 heterocycles. The lowest BCUT2D eigenvalue weighted by Gasteiger charge is -2.66. The minimum absolute atomic E-state index is 0.196. The maximum absolute atomic E-state index is 13.3. The van der Waals surface area contributed by atoms with Crippen LogP contribution in [0.4, 0.5) is 4.39 Å². The zero-order valence-corrected chi connectivity index (χ0v) is 8.09. The molecule has 2 N–H and O–H groups in total. The maximum atomic E-state index is 13.3. The van der Waals surface area contributed by atoms with Gasteiger partial charge in [-0.15, -0.1) is 0 Å². The van der Waals surface area contributed by atoms with Gasteiger partial charge in [0.15, 0.2) is 0 Å². The summed E-state index contributed by atoms with van der Waals surface area (Å²) >= 11 is 0. The molecule has 74 valence electrons. The monoisotopic (exact) mass is 191 g/mol. The van der Waals surface area contributed by atoms with Crippen LogP contribution in [0.3, 0.4) is 0 Å². The highest BCUT2D eigenvalue weighted by atomic mass is 19.1. The highest BCUT2D eigenvalue weighted by molar-refractivity contribution is 5.41. The summed E-state index contributed by atoms with van der Waals surface area (Å²) in [5.41, 5.74) is 7.37. The van der Waals surface area contributed by atoms with E-state index in [1.54, 1.807) is 0 Å². The predicted molar refractivity (Wildman–Crippen MR) is 53.7 cm³/mol. The molecule has 1 aromatic rings. The average molecular weight is 191 g/mol. The summed E-state index contributed by atoms with van der Waals surface area (Å²) in [4.78, 5) is 0. The van der Waals surface area contributed by atoms with Gasteiger partial charge in [0.25, 0.3) is 0 Å². The molecule has 3 aliphatic rings. The molecule has 2 heteroatoms. The van der Waals surface area contributed by atoms with Crippen LogP contribution in [-0.4, -0.2) is 5.67 Å². The first-order chi connectivity index (χ1) is 6.66. The van der Waals surface area contributed by atoms with E-state index in [1.165, 1.54) is 5.56 Å². The molecule has 3 fully saturated rings. The molecule has 2 bridgehead atoms. The van der Waals surface area contributed by atoms with E-state index >= 15 is 0 Å². The maximum Gasteiger partial charge on any atom is 0.113 e.